The summed E-state index contributed by atoms with van der Waals surface area (Å²) in [7, 11) is -3.39. The van der Waals surface area contributed by atoms with Crippen molar-refractivity contribution < 1.29 is 13.2 Å². The van der Waals surface area contributed by atoms with E-state index in [9.17, 15) is 13.2 Å². The van der Waals surface area contributed by atoms with E-state index < -0.39 is 10.0 Å². The lowest BCUT2D eigenvalue weighted by Crippen LogP contribution is -2.48. The van der Waals surface area contributed by atoms with Crippen LogP contribution in [0.15, 0.2) is 48.5 Å². The number of piperazine rings is 1. The van der Waals surface area contributed by atoms with E-state index in [1.807, 2.05) is 23.1 Å². The molecule has 1 amide bonds. The Morgan fingerprint density at radius 1 is 1.07 bits per heavy atom. The Hall–Kier alpha value is -2.09. The van der Waals surface area contributed by atoms with E-state index >= 15 is 0 Å². The summed E-state index contributed by atoms with van der Waals surface area (Å²) < 4.78 is 25.5. The Balaban J connectivity index is 1.56. The molecule has 0 aromatic heterocycles. The molecule has 1 saturated heterocycles. The first kappa shape index (κ1) is 20.6. The number of sulfonamides is 1. The number of rotatable bonds is 6. The topological polar surface area (TPSA) is 69.7 Å². The summed E-state index contributed by atoms with van der Waals surface area (Å²) in [5.74, 6) is 0.00477. The maximum atomic E-state index is 12.7. The van der Waals surface area contributed by atoms with Crippen LogP contribution in [0.5, 0.6) is 0 Å². The highest BCUT2D eigenvalue weighted by atomic mass is 35.5. The third kappa shape index (κ3) is 5.95. The number of hydrogen-bond donors (Lipinski definition) is 1. The number of carbonyl (C=O) groups excluding carboxylic acids is 1. The van der Waals surface area contributed by atoms with Crippen LogP contribution in [0.2, 0.25) is 5.02 Å². The van der Waals surface area contributed by atoms with Crippen LogP contribution in [0, 0.1) is 0 Å². The largest absolute Gasteiger partial charge is 0.340 e. The highest BCUT2D eigenvalue weighted by molar-refractivity contribution is 7.92. The maximum Gasteiger partial charge on any atom is 0.229 e. The van der Waals surface area contributed by atoms with Gasteiger partial charge >= 0.3 is 0 Å². The van der Waals surface area contributed by atoms with Gasteiger partial charge in [-0.15, -0.1) is 0 Å². The van der Waals surface area contributed by atoms with Gasteiger partial charge in [-0.05, 0) is 29.3 Å². The Morgan fingerprint density at radius 2 is 1.79 bits per heavy atom. The molecule has 150 valence electrons. The molecule has 8 heteroatoms. The average Bonchev–Trinajstić information content (AvgIpc) is 2.63. The molecule has 6 nitrogen and oxygen atoms in total. The van der Waals surface area contributed by atoms with Crippen molar-refractivity contribution in [3.63, 3.8) is 0 Å². The van der Waals surface area contributed by atoms with Crippen molar-refractivity contribution in [1.29, 1.82) is 0 Å². The van der Waals surface area contributed by atoms with E-state index in [1.165, 1.54) is 0 Å². The Morgan fingerprint density at radius 3 is 2.46 bits per heavy atom. The minimum absolute atomic E-state index is 0.00477. The molecule has 0 unspecified atom stereocenters. The highest BCUT2D eigenvalue weighted by Gasteiger charge is 2.22. The normalized spacial score (nSPS) is 15.4. The number of hydrogen-bond acceptors (Lipinski definition) is 4. The first-order chi connectivity index (χ1) is 13.3. The number of amides is 1. The first-order valence-electron chi connectivity index (χ1n) is 9.10. The third-order valence-electron chi connectivity index (χ3n) is 4.67. The van der Waals surface area contributed by atoms with Crippen LogP contribution < -0.4 is 4.72 Å². The van der Waals surface area contributed by atoms with Gasteiger partial charge in [-0.25, -0.2) is 8.42 Å². The SMILES string of the molecule is CS(=O)(=O)Nc1ccccc1CC(=O)N1CCN(Cc2cccc(Cl)c2)CC1. The van der Waals surface area contributed by atoms with Crippen molar-refractivity contribution in [1.82, 2.24) is 9.80 Å². The number of anilines is 1. The molecule has 2 aromatic carbocycles. The molecular weight excluding hydrogens is 398 g/mol. The second-order valence-electron chi connectivity index (χ2n) is 7.00. The van der Waals surface area contributed by atoms with Crippen LogP contribution in [-0.4, -0.2) is 56.6 Å². The molecule has 2 aromatic rings. The van der Waals surface area contributed by atoms with Crippen LogP contribution in [0.1, 0.15) is 11.1 Å². The zero-order valence-corrected chi connectivity index (χ0v) is 17.3. The molecule has 0 radical (unpaired) electrons. The second kappa shape index (κ2) is 8.94. The molecule has 1 aliphatic heterocycles. The van der Waals surface area contributed by atoms with Crippen LogP contribution >= 0.6 is 11.6 Å². The number of halogens is 1. The van der Waals surface area contributed by atoms with Crippen LogP contribution in [-0.2, 0) is 27.8 Å². The van der Waals surface area contributed by atoms with Gasteiger partial charge in [0.05, 0.1) is 18.4 Å². The summed E-state index contributed by atoms with van der Waals surface area (Å²) >= 11 is 6.04. The third-order valence-corrected chi connectivity index (χ3v) is 5.50. The lowest BCUT2D eigenvalue weighted by molar-refractivity contribution is -0.132. The molecule has 0 bridgehead atoms. The number of carbonyl (C=O) groups is 1. The summed E-state index contributed by atoms with van der Waals surface area (Å²) in [6.07, 6.45) is 1.28. The predicted molar refractivity (Wildman–Crippen MR) is 112 cm³/mol. The minimum atomic E-state index is -3.39. The van der Waals surface area contributed by atoms with Crippen molar-refractivity contribution in [3.8, 4) is 0 Å². The summed E-state index contributed by atoms with van der Waals surface area (Å²) in [6.45, 7) is 3.70. The van der Waals surface area contributed by atoms with E-state index in [4.69, 9.17) is 11.6 Å². The zero-order chi connectivity index (χ0) is 20.1. The number of nitrogens with one attached hydrogen (secondary N) is 1. The lowest BCUT2D eigenvalue weighted by Gasteiger charge is -2.35. The van der Waals surface area contributed by atoms with E-state index in [1.54, 1.807) is 24.3 Å². The standard InChI is InChI=1S/C20H24ClN3O3S/c1-28(26,27)22-19-8-3-2-6-17(19)14-20(25)24-11-9-23(10-12-24)15-16-5-4-7-18(21)13-16/h2-8,13,22H,9-12,14-15H2,1H3. The molecular formula is C20H24ClN3O3S. The first-order valence-corrected chi connectivity index (χ1v) is 11.4. The number of nitrogens with zero attached hydrogens (tertiary/aromatic N) is 2. The lowest BCUT2D eigenvalue weighted by atomic mass is 10.1. The van der Waals surface area contributed by atoms with Gasteiger partial charge in [0, 0.05) is 37.7 Å². The second-order valence-corrected chi connectivity index (χ2v) is 9.18. The summed E-state index contributed by atoms with van der Waals surface area (Å²) in [5.41, 5.74) is 2.30. The van der Waals surface area contributed by atoms with Crippen LogP contribution in [0.4, 0.5) is 5.69 Å². The smallest absolute Gasteiger partial charge is 0.229 e. The van der Waals surface area contributed by atoms with Gasteiger partial charge in [0.25, 0.3) is 0 Å². The molecule has 1 N–H and O–H groups in total. The molecule has 3 rings (SSSR count). The highest BCUT2D eigenvalue weighted by Crippen LogP contribution is 2.19. The average molecular weight is 422 g/mol. The Bertz CT molecular complexity index is 941. The number of benzene rings is 2. The van der Waals surface area contributed by atoms with Gasteiger partial charge in [0.1, 0.15) is 0 Å². The Kier molecular flexibility index (Phi) is 6.59. The van der Waals surface area contributed by atoms with E-state index in [0.29, 0.717) is 24.3 Å². The quantitative estimate of drug-likeness (QED) is 0.778. The van der Waals surface area contributed by atoms with Gasteiger partial charge in [0.2, 0.25) is 15.9 Å². The molecule has 1 heterocycles. The molecule has 28 heavy (non-hydrogen) atoms. The Labute approximate surface area is 171 Å². The zero-order valence-electron chi connectivity index (χ0n) is 15.8. The van der Waals surface area contributed by atoms with E-state index in [0.717, 1.165) is 36.5 Å². The van der Waals surface area contributed by atoms with Gasteiger partial charge in [-0.1, -0.05) is 41.9 Å². The molecule has 0 spiro atoms. The van der Waals surface area contributed by atoms with Crippen molar-refractivity contribution in [2.75, 3.05) is 37.2 Å². The van der Waals surface area contributed by atoms with Crippen molar-refractivity contribution >= 4 is 33.2 Å². The van der Waals surface area contributed by atoms with Crippen LogP contribution in [0.3, 0.4) is 0 Å². The maximum absolute atomic E-state index is 12.7. The predicted octanol–water partition coefficient (Wildman–Crippen LogP) is 2.60. The fourth-order valence-electron chi connectivity index (χ4n) is 3.30. The molecule has 1 fully saturated rings. The van der Waals surface area contributed by atoms with Gasteiger partial charge in [-0.2, -0.15) is 0 Å². The van der Waals surface area contributed by atoms with Gasteiger partial charge in [-0.3, -0.25) is 14.4 Å². The van der Waals surface area contributed by atoms with E-state index in [2.05, 4.69) is 15.7 Å². The number of para-hydroxylation sites is 1. The van der Waals surface area contributed by atoms with Crippen LogP contribution in [0.25, 0.3) is 0 Å². The molecule has 0 saturated carbocycles. The fourth-order valence-corrected chi connectivity index (χ4v) is 4.11. The van der Waals surface area contributed by atoms with Gasteiger partial charge < -0.3 is 4.90 Å². The van der Waals surface area contributed by atoms with Crippen molar-refractivity contribution in [3.05, 3.63) is 64.7 Å². The van der Waals surface area contributed by atoms with Crippen molar-refractivity contribution in [2.24, 2.45) is 0 Å². The summed E-state index contributed by atoms with van der Waals surface area (Å²) in [6, 6.07) is 14.8. The monoisotopic (exact) mass is 421 g/mol. The summed E-state index contributed by atoms with van der Waals surface area (Å²) in [5, 5.41) is 0.729. The molecule has 1 aliphatic rings. The molecule has 0 atom stereocenters. The fraction of sp³-hybridized carbons (Fsp3) is 0.350. The molecule has 0 aliphatic carbocycles. The van der Waals surface area contributed by atoms with E-state index in [-0.39, 0.29) is 12.3 Å². The summed E-state index contributed by atoms with van der Waals surface area (Å²) in [4.78, 5) is 16.8. The van der Waals surface area contributed by atoms with Crippen molar-refractivity contribution in [2.45, 2.75) is 13.0 Å². The minimum Gasteiger partial charge on any atom is -0.340 e. The van der Waals surface area contributed by atoms with Gasteiger partial charge in [0.15, 0.2) is 0 Å².